The molecule has 2 aromatic rings. The van der Waals surface area contributed by atoms with Gasteiger partial charge in [0.05, 0.1) is 13.2 Å². The molecule has 2 heterocycles. The Hall–Kier alpha value is -2.18. The third-order valence-electron chi connectivity index (χ3n) is 3.60. The molecule has 0 unspecified atom stereocenters. The highest BCUT2D eigenvalue weighted by Crippen LogP contribution is 2.22. The topological polar surface area (TPSA) is 67.4 Å². The number of nitrogens with one attached hydrogen (secondary N) is 1. The maximum Gasteiger partial charge on any atom is 0.272 e. The second kappa shape index (κ2) is 6.93. The maximum absolute atomic E-state index is 12.4. The van der Waals surface area contributed by atoms with Crippen LogP contribution in [0.4, 0.5) is 11.6 Å². The molecule has 0 spiro atoms. The zero-order chi connectivity index (χ0) is 16.2. The first-order valence-corrected chi connectivity index (χ1v) is 7.74. The van der Waals surface area contributed by atoms with E-state index in [0.29, 0.717) is 43.0 Å². The molecule has 1 aliphatic rings. The number of morpholine rings is 1. The highest BCUT2D eigenvalue weighted by Gasteiger charge is 2.20. The Morgan fingerprint density at radius 1 is 1.30 bits per heavy atom. The van der Waals surface area contributed by atoms with Gasteiger partial charge in [0.1, 0.15) is 5.69 Å². The lowest BCUT2D eigenvalue weighted by Crippen LogP contribution is -2.41. The summed E-state index contributed by atoms with van der Waals surface area (Å²) >= 11 is 6.11. The minimum atomic E-state index is -0.110. The number of nitrogens with zero attached hydrogens (tertiary/aromatic N) is 3. The number of amides is 1. The highest BCUT2D eigenvalue weighted by atomic mass is 35.5. The molecule has 1 fully saturated rings. The summed E-state index contributed by atoms with van der Waals surface area (Å²) < 4.78 is 5.26. The van der Waals surface area contributed by atoms with Crippen LogP contribution in [0.1, 0.15) is 16.1 Å². The van der Waals surface area contributed by atoms with Gasteiger partial charge in [-0.1, -0.05) is 17.7 Å². The van der Waals surface area contributed by atoms with Crippen LogP contribution in [0.15, 0.2) is 30.5 Å². The lowest BCUT2D eigenvalue weighted by atomic mass is 10.2. The molecule has 1 saturated heterocycles. The van der Waals surface area contributed by atoms with Gasteiger partial charge in [-0.3, -0.25) is 4.79 Å². The van der Waals surface area contributed by atoms with Crippen molar-refractivity contribution >= 4 is 29.1 Å². The molecule has 1 amide bonds. The maximum atomic E-state index is 12.4. The molecule has 0 atom stereocenters. The molecule has 23 heavy (non-hydrogen) atoms. The predicted octanol–water partition coefficient (Wildman–Crippen LogP) is 2.65. The van der Waals surface area contributed by atoms with E-state index >= 15 is 0 Å². The molecule has 1 aliphatic heterocycles. The first-order chi connectivity index (χ1) is 11.1. The van der Waals surface area contributed by atoms with Crippen molar-refractivity contribution < 1.29 is 9.53 Å². The molecule has 1 N–H and O–H groups in total. The number of rotatable bonds is 3. The molecule has 1 aromatic carbocycles. The highest BCUT2D eigenvalue weighted by molar-refractivity contribution is 6.31. The fourth-order valence-corrected chi connectivity index (χ4v) is 2.45. The van der Waals surface area contributed by atoms with Gasteiger partial charge in [0, 0.05) is 30.0 Å². The lowest BCUT2D eigenvalue weighted by Gasteiger charge is -2.26. The first-order valence-electron chi connectivity index (χ1n) is 7.37. The summed E-state index contributed by atoms with van der Waals surface area (Å²) in [4.78, 5) is 22.6. The lowest BCUT2D eigenvalue weighted by molar-refractivity contribution is 0.0299. The van der Waals surface area contributed by atoms with Gasteiger partial charge in [0.2, 0.25) is 5.95 Å². The normalized spacial score (nSPS) is 14.6. The van der Waals surface area contributed by atoms with Crippen LogP contribution >= 0.6 is 11.6 Å². The quantitative estimate of drug-likeness (QED) is 0.936. The molecule has 7 heteroatoms. The summed E-state index contributed by atoms with van der Waals surface area (Å²) in [5.74, 6) is 0.254. The number of hydrogen-bond donors (Lipinski definition) is 1. The van der Waals surface area contributed by atoms with E-state index in [1.165, 1.54) is 0 Å². The molecular weight excluding hydrogens is 316 g/mol. The smallest absolute Gasteiger partial charge is 0.272 e. The monoisotopic (exact) mass is 332 g/mol. The second-order valence-electron chi connectivity index (χ2n) is 5.26. The van der Waals surface area contributed by atoms with Crippen molar-refractivity contribution in [3.8, 4) is 0 Å². The molecule has 120 valence electrons. The van der Waals surface area contributed by atoms with Gasteiger partial charge in [-0.2, -0.15) is 0 Å². The Labute approximate surface area is 139 Å². The first kappa shape index (κ1) is 15.7. The van der Waals surface area contributed by atoms with Gasteiger partial charge >= 0.3 is 0 Å². The Morgan fingerprint density at radius 3 is 2.83 bits per heavy atom. The van der Waals surface area contributed by atoms with E-state index in [1.807, 2.05) is 19.1 Å². The van der Waals surface area contributed by atoms with Crippen LogP contribution in [-0.4, -0.2) is 47.1 Å². The van der Waals surface area contributed by atoms with E-state index in [4.69, 9.17) is 16.3 Å². The van der Waals surface area contributed by atoms with E-state index in [1.54, 1.807) is 23.2 Å². The summed E-state index contributed by atoms with van der Waals surface area (Å²) in [6, 6.07) is 7.22. The van der Waals surface area contributed by atoms with E-state index in [2.05, 4.69) is 15.3 Å². The molecule has 0 radical (unpaired) electrons. The number of carbonyl (C=O) groups excluding carboxylic acids is 1. The van der Waals surface area contributed by atoms with Gasteiger partial charge in [-0.15, -0.1) is 0 Å². The van der Waals surface area contributed by atoms with Crippen molar-refractivity contribution in [3.05, 3.63) is 46.7 Å². The Balaban J connectivity index is 1.76. The number of halogens is 1. The van der Waals surface area contributed by atoms with Crippen molar-refractivity contribution in [1.29, 1.82) is 0 Å². The van der Waals surface area contributed by atoms with Crippen LogP contribution in [0.5, 0.6) is 0 Å². The molecule has 6 nitrogen and oxygen atoms in total. The SMILES string of the molecule is Cc1ccc(Nc2nccc(C(=O)N3CCOCC3)n2)cc1Cl. The fraction of sp³-hybridized carbons (Fsp3) is 0.312. The minimum absolute atomic E-state index is 0.110. The Morgan fingerprint density at radius 2 is 2.09 bits per heavy atom. The number of aryl methyl sites for hydroxylation is 1. The van der Waals surface area contributed by atoms with Crippen LogP contribution in [-0.2, 0) is 4.74 Å². The van der Waals surface area contributed by atoms with Gasteiger partial charge in [0.25, 0.3) is 5.91 Å². The second-order valence-corrected chi connectivity index (χ2v) is 5.67. The summed E-state index contributed by atoms with van der Waals surface area (Å²) in [7, 11) is 0. The summed E-state index contributed by atoms with van der Waals surface area (Å²) in [6.45, 7) is 4.22. The van der Waals surface area contributed by atoms with E-state index in [0.717, 1.165) is 11.3 Å². The molecule has 1 aromatic heterocycles. The van der Waals surface area contributed by atoms with E-state index in [-0.39, 0.29) is 5.91 Å². The van der Waals surface area contributed by atoms with Gasteiger partial charge in [-0.25, -0.2) is 9.97 Å². The summed E-state index contributed by atoms with van der Waals surface area (Å²) in [5.41, 5.74) is 2.13. The van der Waals surface area contributed by atoms with Crippen LogP contribution in [0.2, 0.25) is 5.02 Å². The average Bonchev–Trinajstić information content (AvgIpc) is 2.58. The number of carbonyl (C=O) groups is 1. The van der Waals surface area contributed by atoms with Crippen LogP contribution in [0, 0.1) is 6.92 Å². The predicted molar refractivity (Wildman–Crippen MR) is 88.2 cm³/mol. The standard InChI is InChI=1S/C16H17ClN4O2/c1-11-2-3-12(10-13(11)17)19-16-18-5-4-14(20-16)15(22)21-6-8-23-9-7-21/h2-5,10H,6-9H2,1H3,(H,18,19,20). The van der Waals surface area contributed by atoms with Crippen molar-refractivity contribution in [2.24, 2.45) is 0 Å². The van der Waals surface area contributed by atoms with Crippen molar-refractivity contribution in [2.45, 2.75) is 6.92 Å². The number of benzene rings is 1. The number of aromatic nitrogens is 2. The molecule has 0 saturated carbocycles. The molecule has 0 aliphatic carbocycles. The van der Waals surface area contributed by atoms with E-state index in [9.17, 15) is 4.79 Å². The van der Waals surface area contributed by atoms with Gasteiger partial charge in [-0.05, 0) is 30.7 Å². The Bertz CT molecular complexity index is 717. The third-order valence-corrected chi connectivity index (χ3v) is 4.01. The number of anilines is 2. The molecule has 0 bridgehead atoms. The number of hydrogen-bond acceptors (Lipinski definition) is 5. The number of ether oxygens (including phenoxy) is 1. The zero-order valence-electron chi connectivity index (χ0n) is 12.8. The van der Waals surface area contributed by atoms with Crippen molar-refractivity contribution in [2.75, 3.05) is 31.6 Å². The average molecular weight is 333 g/mol. The van der Waals surface area contributed by atoms with Gasteiger partial charge < -0.3 is 15.0 Å². The Kier molecular flexibility index (Phi) is 4.73. The molecule has 3 rings (SSSR count). The van der Waals surface area contributed by atoms with Gasteiger partial charge in [0.15, 0.2) is 0 Å². The molecular formula is C16H17ClN4O2. The largest absolute Gasteiger partial charge is 0.378 e. The van der Waals surface area contributed by atoms with Crippen LogP contribution < -0.4 is 5.32 Å². The minimum Gasteiger partial charge on any atom is -0.378 e. The third kappa shape index (κ3) is 3.78. The summed E-state index contributed by atoms with van der Waals surface area (Å²) in [6.07, 6.45) is 1.57. The zero-order valence-corrected chi connectivity index (χ0v) is 13.5. The van der Waals surface area contributed by atoms with Crippen LogP contribution in [0.25, 0.3) is 0 Å². The van der Waals surface area contributed by atoms with Crippen LogP contribution in [0.3, 0.4) is 0 Å². The van der Waals surface area contributed by atoms with Crippen molar-refractivity contribution in [1.82, 2.24) is 14.9 Å². The summed E-state index contributed by atoms with van der Waals surface area (Å²) in [5, 5.41) is 3.73. The van der Waals surface area contributed by atoms with Crippen molar-refractivity contribution in [3.63, 3.8) is 0 Å². The fourth-order valence-electron chi connectivity index (χ4n) is 2.27. The van der Waals surface area contributed by atoms with E-state index < -0.39 is 0 Å².